The molecule has 0 saturated carbocycles. The molecule has 8 nitrogen and oxygen atoms in total. The van der Waals surface area contributed by atoms with Crippen LogP contribution < -0.4 is 0 Å². The van der Waals surface area contributed by atoms with Gasteiger partial charge < -0.3 is 28.4 Å². The first-order chi connectivity index (χ1) is 20.2. The van der Waals surface area contributed by atoms with Gasteiger partial charge in [-0.2, -0.15) is 0 Å². The maximum absolute atomic E-state index is 12.3. The Kier molecular flexibility index (Phi) is 12.0. The van der Waals surface area contributed by atoms with E-state index in [2.05, 4.69) is 0 Å². The number of benzene rings is 3. The maximum Gasteiger partial charge on any atom is 0.303 e. The van der Waals surface area contributed by atoms with Crippen molar-refractivity contribution in [3.63, 3.8) is 0 Å². The van der Waals surface area contributed by atoms with Crippen LogP contribution in [0.3, 0.4) is 0 Å². The first-order valence-electron chi connectivity index (χ1n) is 13.3. The number of carbonyl (C=O) groups excluding carboxylic acids is 1. The molecule has 2 unspecified atom stereocenters. The first kappa shape index (κ1) is 32.2. The Bertz CT molecular complexity index is 1260. The standard InChI is InChI=1S/C31H32Cl3NO7/c1-21(36)40-28-27(39-19-24-15-9-4-10-16-24)26(38-18-23-13-7-3-8-14-23)25(20-37-17-22-11-5-2-6-12-22)41-29(28)42-30(35)31(32,33)34/h2-16,25-29,35H,17-20H2,1H3/t25?,26-,27+,28?,29+/m1/s1. The molecule has 1 N–H and O–H groups in total. The second-order valence-corrected chi connectivity index (χ2v) is 11.9. The molecule has 1 fully saturated rings. The van der Waals surface area contributed by atoms with Crippen LogP contribution in [-0.2, 0) is 53.0 Å². The predicted molar refractivity (Wildman–Crippen MR) is 159 cm³/mol. The van der Waals surface area contributed by atoms with Crippen molar-refractivity contribution in [2.75, 3.05) is 6.61 Å². The van der Waals surface area contributed by atoms with Gasteiger partial charge in [0.05, 0.1) is 26.4 Å². The van der Waals surface area contributed by atoms with Gasteiger partial charge in [-0.05, 0) is 16.7 Å². The minimum absolute atomic E-state index is 0.0628. The number of esters is 1. The molecule has 0 aliphatic carbocycles. The molecule has 1 aliphatic rings. The molecule has 0 radical (unpaired) electrons. The monoisotopic (exact) mass is 635 g/mol. The number of hydrogen-bond acceptors (Lipinski definition) is 8. The van der Waals surface area contributed by atoms with Crippen molar-refractivity contribution < 1.29 is 33.2 Å². The highest BCUT2D eigenvalue weighted by Crippen LogP contribution is 2.34. The molecule has 11 heteroatoms. The summed E-state index contributed by atoms with van der Waals surface area (Å²) in [6.45, 7) is 2.01. The van der Waals surface area contributed by atoms with E-state index in [1.807, 2.05) is 91.0 Å². The first-order valence-corrected chi connectivity index (χ1v) is 14.4. The number of halogens is 3. The van der Waals surface area contributed by atoms with Gasteiger partial charge in [0, 0.05) is 6.92 Å². The highest BCUT2D eigenvalue weighted by molar-refractivity contribution is 6.76. The number of hydrogen-bond donors (Lipinski definition) is 1. The molecule has 3 aromatic carbocycles. The van der Waals surface area contributed by atoms with E-state index in [4.69, 9.17) is 68.6 Å². The zero-order valence-corrected chi connectivity index (χ0v) is 25.1. The van der Waals surface area contributed by atoms with E-state index in [9.17, 15) is 4.79 Å². The highest BCUT2D eigenvalue weighted by atomic mass is 35.6. The van der Waals surface area contributed by atoms with Crippen LogP contribution >= 0.6 is 34.8 Å². The number of ether oxygens (including phenoxy) is 6. The van der Waals surface area contributed by atoms with Crippen molar-refractivity contribution >= 4 is 46.7 Å². The van der Waals surface area contributed by atoms with Crippen LogP contribution in [0.15, 0.2) is 91.0 Å². The lowest BCUT2D eigenvalue weighted by Gasteiger charge is -2.45. The smallest absolute Gasteiger partial charge is 0.303 e. The highest BCUT2D eigenvalue weighted by Gasteiger charge is 2.52. The zero-order chi connectivity index (χ0) is 30.0. The van der Waals surface area contributed by atoms with Crippen LogP contribution in [-0.4, -0.2) is 53.0 Å². The summed E-state index contributed by atoms with van der Waals surface area (Å²) in [6, 6.07) is 28.8. The quantitative estimate of drug-likeness (QED) is 0.106. The van der Waals surface area contributed by atoms with Crippen LogP contribution in [0.2, 0.25) is 0 Å². The molecule has 42 heavy (non-hydrogen) atoms. The number of carbonyl (C=O) groups is 1. The summed E-state index contributed by atoms with van der Waals surface area (Å²) in [7, 11) is 0. The van der Waals surface area contributed by atoms with E-state index >= 15 is 0 Å². The van der Waals surface area contributed by atoms with Gasteiger partial charge >= 0.3 is 5.97 Å². The third-order valence-corrected chi connectivity index (χ3v) is 6.86. The van der Waals surface area contributed by atoms with Crippen molar-refractivity contribution in [1.29, 1.82) is 5.41 Å². The molecule has 0 amide bonds. The number of rotatable bonds is 12. The van der Waals surface area contributed by atoms with E-state index in [0.717, 1.165) is 16.7 Å². The Morgan fingerprint density at radius 2 is 1.21 bits per heavy atom. The summed E-state index contributed by atoms with van der Waals surface area (Å²) in [5, 5.41) is 8.17. The fourth-order valence-corrected chi connectivity index (χ4v) is 4.53. The van der Waals surface area contributed by atoms with Gasteiger partial charge in [-0.3, -0.25) is 10.2 Å². The second kappa shape index (κ2) is 15.7. The molecule has 3 aromatic rings. The van der Waals surface area contributed by atoms with Gasteiger partial charge in [-0.25, -0.2) is 0 Å². The molecule has 0 bridgehead atoms. The van der Waals surface area contributed by atoms with Crippen molar-refractivity contribution in [3.8, 4) is 0 Å². The van der Waals surface area contributed by atoms with Crippen LogP contribution in [0.4, 0.5) is 0 Å². The summed E-state index contributed by atoms with van der Waals surface area (Å²) in [5.74, 6) is -1.32. The molecule has 0 spiro atoms. The fourth-order valence-electron chi connectivity index (χ4n) is 4.40. The van der Waals surface area contributed by atoms with Crippen LogP contribution in [0.25, 0.3) is 0 Å². The van der Waals surface area contributed by atoms with Crippen molar-refractivity contribution in [2.24, 2.45) is 0 Å². The summed E-state index contributed by atoms with van der Waals surface area (Å²) in [4.78, 5) is 12.3. The summed E-state index contributed by atoms with van der Waals surface area (Å²) in [6.07, 6.45) is -5.01. The molecular formula is C31H32Cl3NO7. The van der Waals surface area contributed by atoms with Crippen LogP contribution in [0, 0.1) is 5.41 Å². The largest absolute Gasteiger partial charge is 0.453 e. The molecule has 1 aliphatic heterocycles. The molecule has 1 saturated heterocycles. The lowest BCUT2D eigenvalue weighted by Crippen LogP contribution is -2.62. The molecule has 4 rings (SSSR count). The Labute approximate surface area is 260 Å². The van der Waals surface area contributed by atoms with Crippen LogP contribution in [0.1, 0.15) is 23.6 Å². The summed E-state index contributed by atoms with van der Waals surface area (Å²) < 4.78 is 34.2. The van der Waals surface area contributed by atoms with E-state index in [-0.39, 0.29) is 19.8 Å². The molecule has 1 heterocycles. The van der Waals surface area contributed by atoms with Gasteiger partial charge in [-0.1, -0.05) is 126 Å². The summed E-state index contributed by atoms with van der Waals surface area (Å²) >= 11 is 17.7. The average Bonchev–Trinajstić information content (AvgIpc) is 2.97. The van der Waals surface area contributed by atoms with E-state index in [1.54, 1.807) is 0 Å². The third-order valence-electron chi connectivity index (χ3n) is 6.35. The molecule has 5 atom stereocenters. The normalized spacial score (nSPS) is 22.3. The van der Waals surface area contributed by atoms with E-state index in [1.165, 1.54) is 6.92 Å². The minimum atomic E-state index is -2.18. The molecular weight excluding hydrogens is 605 g/mol. The van der Waals surface area contributed by atoms with Gasteiger partial charge in [-0.15, -0.1) is 0 Å². The van der Waals surface area contributed by atoms with Crippen molar-refractivity contribution in [3.05, 3.63) is 108 Å². The van der Waals surface area contributed by atoms with Gasteiger partial charge in [0.1, 0.15) is 18.3 Å². The fraction of sp³-hybridized carbons (Fsp3) is 0.355. The Balaban J connectivity index is 1.64. The lowest BCUT2D eigenvalue weighted by molar-refractivity contribution is -0.305. The summed E-state index contributed by atoms with van der Waals surface area (Å²) in [5.41, 5.74) is 2.77. The van der Waals surface area contributed by atoms with Crippen molar-refractivity contribution in [1.82, 2.24) is 0 Å². The minimum Gasteiger partial charge on any atom is -0.453 e. The second-order valence-electron chi connectivity index (χ2n) is 9.58. The number of alkyl halides is 3. The van der Waals surface area contributed by atoms with E-state index in [0.29, 0.717) is 6.61 Å². The number of nitrogens with one attached hydrogen (secondary N) is 1. The van der Waals surface area contributed by atoms with Gasteiger partial charge in [0.15, 0.2) is 6.10 Å². The Morgan fingerprint density at radius 3 is 1.69 bits per heavy atom. The van der Waals surface area contributed by atoms with Gasteiger partial charge in [0.2, 0.25) is 12.2 Å². The Morgan fingerprint density at radius 1 is 0.738 bits per heavy atom. The molecule has 0 aromatic heterocycles. The Hall–Kier alpha value is -2.69. The lowest BCUT2D eigenvalue weighted by atomic mass is 9.98. The van der Waals surface area contributed by atoms with Crippen LogP contribution in [0.5, 0.6) is 0 Å². The average molecular weight is 637 g/mol. The topological polar surface area (TPSA) is 96.3 Å². The van der Waals surface area contributed by atoms with E-state index < -0.39 is 46.4 Å². The SMILES string of the molecule is CC(=O)OC1[C@H](OC(=N)C(Cl)(Cl)Cl)OC(COCc2ccccc2)[C@@H](OCc2ccccc2)[C@@H]1OCc1ccccc1. The zero-order valence-electron chi connectivity index (χ0n) is 22.9. The van der Waals surface area contributed by atoms with Crippen molar-refractivity contribution in [2.45, 2.75) is 61.2 Å². The molecule has 224 valence electrons. The van der Waals surface area contributed by atoms with Gasteiger partial charge in [0.25, 0.3) is 3.79 Å². The predicted octanol–water partition coefficient (Wildman–Crippen LogP) is 6.39. The third kappa shape index (κ3) is 9.67. The maximum atomic E-state index is 12.3.